The minimum absolute atomic E-state index is 0.272. The highest BCUT2D eigenvalue weighted by atomic mass is 35.5. The maximum absolute atomic E-state index is 13.2. The summed E-state index contributed by atoms with van der Waals surface area (Å²) in [6, 6.07) is 6.35. The summed E-state index contributed by atoms with van der Waals surface area (Å²) in [5, 5.41) is 2.70. The van der Waals surface area contributed by atoms with Crippen LogP contribution >= 0.6 is 11.6 Å². The quantitative estimate of drug-likeness (QED) is 0.813. The molecule has 8 heteroatoms. The molecule has 1 N–H and O–H groups in total. The fourth-order valence-corrected chi connectivity index (χ4v) is 2.02. The number of nitrogens with one attached hydrogen (secondary N) is 1. The molecule has 0 unspecified atom stereocenters. The molecule has 2 rings (SSSR count). The van der Waals surface area contributed by atoms with E-state index in [0.29, 0.717) is 22.9 Å². The molecule has 0 aliphatic carbocycles. The van der Waals surface area contributed by atoms with Gasteiger partial charge in [0.25, 0.3) is 5.91 Å². The summed E-state index contributed by atoms with van der Waals surface area (Å²) in [6.07, 6.45) is -4.89. The van der Waals surface area contributed by atoms with Gasteiger partial charge < -0.3 is 10.1 Å². The number of hydrogen-bond acceptors (Lipinski definition) is 2. The molecule has 0 radical (unpaired) electrons. The van der Waals surface area contributed by atoms with Gasteiger partial charge in [-0.05, 0) is 30.3 Å². The Morgan fingerprint density at radius 3 is 2.48 bits per heavy atom. The number of halogens is 5. The van der Waals surface area contributed by atoms with Crippen LogP contribution in [0, 0.1) is 5.82 Å². The summed E-state index contributed by atoms with van der Waals surface area (Å²) in [7, 11) is 1.38. The number of amides is 1. The molecule has 0 aliphatic rings. The first-order chi connectivity index (χ1) is 10.7. The molecule has 0 heterocycles. The van der Waals surface area contributed by atoms with Crippen LogP contribution in [-0.4, -0.2) is 13.0 Å². The number of rotatable bonds is 3. The third kappa shape index (κ3) is 3.92. The maximum atomic E-state index is 13.2. The maximum Gasteiger partial charge on any atom is 0.419 e. The molecule has 2 aromatic rings. The van der Waals surface area contributed by atoms with E-state index in [-0.39, 0.29) is 11.3 Å². The van der Waals surface area contributed by atoms with E-state index in [0.717, 1.165) is 6.07 Å². The summed E-state index contributed by atoms with van der Waals surface area (Å²) in [5.41, 5.74) is -1.55. The Balaban J connectivity index is 2.28. The fraction of sp³-hybridized carbons (Fsp3) is 0.133. The molecule has 0 saturated heterocycles. The number of carbonyl (C=O) groups excluding carboxylic acids is 1. The van der Waals surface area contributed by atoms with Crippen molar-refractivity contribution in [2.24, 2.45) is 0 Å². The topological polar surface area (TPSA) is 38.3 Å². The van der Waals surface area contributed by atoms with Crippen LogP contribution in [-0.2, 0) is 6.18 Å². The Morgan fingerprint density at radius 2 is 1.87 bits per heavy atom. The lowest BCUT2D eigenvalue weighted by Gasteiger charge is -2.11. The fourth-order valence-electron chi connectivity index (χ4n) is 1.82. The predicted octanol–water partition coefficient (Wildman–Crippen LogP) is 4.76. The van der Waals surface area contributed by atoms with Crippen molar-refractivity contribution in [1.82, 2.24) is 0 Å². The van der Waals surface area contributed by atoms with Gasteiger partial charge >= 0.3 is 6.18 Å². The normalized spacial score (nSPS) is 11.2. The molecule has 0 fully saturated rings. The summed E-state index contributed by atoms with van der Waals surface area (Å²) in [4.78, 5) is 12.0. The molecule has 0 aliphatic heterocycles. The molecular weight excluding hydrogens is 338 g/mol. The molecule has 2 aromatic carbocycles. The summed E-state index contributed by atoms with van der Waals surface area (Å²) in [5.74, 6) is -1.97. The van der Waals surface area contributed by atoms with Gasteiger partial charge in [-0.25, -0.2) is 4.39 Å². The van der Waals surface area contributed by atoms with Gasteiger partial charge in [-0.3, -0.25) is 4.79 Å². The zero-order valence-electron chi connectivity index (χ0n) is 11.7. The molecule has 0 aromatic heterocycles. The van der Waals surface area contributed by atoms with Crippen molar-refractivity contribution < 1.29 is 27.1 Å². The number of methoxy groups -OCH3 is 1. The zero-order valence-corrected chi connectivity index (χ0v) is 12.4. The van der Waals surface area contributed by atoms with Crippen LogP contribution in [0.4, 0.5) is 23.2 Å². The second-order valence-corrected chi connectivity index (χ2v) is 4.90. The second-order valence-electron chi connectivity index (χ2n) is 4.50. The molecule has 122 valence electrons. The lowest BCUT2D eigenvalue weighted by molar-refractivity contribution is -0.140. The van der Waals surface area contributed by atoms with Crippen molar-refractivity contribution >= 4 is 23.2 Å². The van der Waals surface area contributed by atoms with Gasteiger partial charge in [-0.2, -0.15) is 13.2 Å². The van der Waals surface area contributed by atoms with E-state index in [1.54, 1.807) is 0 Å². The first kappa shape index (κ1) is 17.1. The highest BCUT2D eigenvalue weighted by molar-refractivity contribution is 6.32. The van der Waals surface area contributed by atoms with Crippen molar-refractivity contribution in [3.05, 3.63) is 58.4 Å². The van der Waals surface area contributed by atoms with Crippen LogP contribution in [0.2, 0.25) is 5.02 Å². The van der Waals surface area contributed by atoms with Gasteiger partial charge in [0, 0.05) is 17.3 Å². The number of alkyl halides is 3. The minimum atomic E-state index is -4.89. The van der Waals surface area contributed by atoms with Gasteiger partial charge in [0.15, 0.2) is 0 Å². The first-order valence-corrected chi connectivity index (χ1v) is 6.62. The number of carbonyl (C=O) groups is 1. The Hall–Kier alpha value is -2.28. The molecule has 0 saturated carbocycles. The first-order valence-electron chi connectivity index (χ1n) is 6.24. The monoisotopic (exact) mass is 347 g/mol. The number of hydrogen-bond donors (Lipinski definition) is 1. The van der Waals surface area contributed by atoms with Crippen LogP contribution in [0.1, 0.15) is 15.9 Å². The van der Waals surface area contributed by atoms with Crippen LogP contribution in [0.25, 0.3) is 0 Å². The lowest BCUT2D eigenvalue weighted by Crippen LogP contribution is -2.15. The Morgan fingerprint density at radius 1 is 1.17 bits per heavy atom. The molecule has 1 amide bonds. The Kier molecular flexibility index (Phi) is 4.79. The van der Waals surface area contributed by atoms with E-state index in [2.05, 4.69) is 5.32 Å². The summed E-state index contributed by atoms with van der Waals surface area (Å²) >= 11 is 5.83. The van der Waals surface area contributed by atoms with E-state index in [4.69, 9.17) is 16.3 Å². The number of benzene rings is 2. The molecule has 0 atom stereocenters. The van der Waals surface area contributed by atoms with Crippen LogP contribution in [0.3, 0.4) is 0 Å². The average Bonchev–Trinajstić information content (AvgIpc) is 2.48. The molecule has 23 heavy (non-hydrogen) atoms. The van der Waals surface area contributed by atoms with Crippen molar-refractivity contribution in [2.45, 2.75) is 6.18 Å². The average molecular weight is 348 g/mol. The van der Waals surface area contributed by atoms with Crippen molar-refractivity contribution in [1.29, 1.82) is 0 Å². The van der Waals surface area contributed by atoms with Gasteiger partial charge in [-0.15, -0.1) is 0 Å². The van der Waals surface area contributed by atoms with Crippen molar-refractivity contribution in [2.75, 3.05) is 12.4 Å². The van der Waals surface area contributed by atoms with Crippen LogP contribution in [0.5, 0.6) is 5.75 Å². The highest BCUT2D eigenvalue weighted by Gasteiger charge is 2.34. The second kappa shape index (κ2) is 6.45. The third-order valence-electron chi connectivity index (χ3n) is 2.94. The standard InChI is InChI=1S/C15H10ClF4NO2/c1-23-13-7-9(3-4-11(13)16)21-14(22)8-2-5-12(17)10(6-8)15(18,19)20/h2-7H,1H3,(H,21,22). The number of ether oxygens (including phenoxy) is 1. The van der Waals surface area contributed by atoms with Crippen LogP contribution < -0.4 is 10.1 Å². The Bertz CT molecular complexity index is 747. The summed E-state index contributed by atoms with van der Waals surface area (Å²) in [6.45, 7) is 0. The largest absolute Gasteiger partial charge is 0.495 e. The lowest BCUT2D eigenvalue weighted by atomic mass is 10.1. The minimum Gasteiger partial charge on any atom is -0.495 e. The van der Waals surface area contributed by atoms with E-state index in [1.165, 1.54) is 25.3 Å². The SMILES string of the molecule is COc1cc(NC(=O)c2ccc(F)c(C(F)(F)F)c2)ccc1Cl. The third-order valence-corrected chi connectivity index (χ3v) is 3.26. The van der Waals surface area contributed by atoms with Gasteiger partial charge in [0.05, 0.1) is 17.7 Å². The van der Waals surface area contributed by atoms with E-state index < -0.39 is 23.5 Å². The van der Waals surface area contributed by atoms with E-state index >= 15 is 0 Å². The molecule has 0 bridgehead atoms. The smallest absolute Gasteiger partial charge is 0.419 e. The molecule has 3 nitrogen and oxygen atoms in total. The van der Waals surface area contributed by atoms with Crippen LogP contribution in [0.15, 0.2) is 36.4 Å². The molecular formula is C15H10ClF4NO2. The molecule has 0 spiro atoms. The zero-order chi connectivity index (χ0) is 17.2. The Labute approximate surface area is 133 Å². The number of anilines is 1. The predicted molar refractivity (Wildman–Crippen MR) is 77.4 cm³/mol. The summed E-state index contributed by atoms with van der Waals surface area (Å²) < 4.78 is 56.2. The van der Waals surface area contributed by atoms with E-state index in [1.807, 2.05) is 0 Å². The van der Waals surface area contributed by atoms with Gasteiger partial charge in [-0.1, -0.05) is 11.6 Å². The van der Waals surface area contributed by atoms with Crippen molar-refractivity contribution in [3.8, 4) is 5.75 Å². The van der Waals surface area contributed by atoms with Gasteiger partial charge in [0.2, 0.25) is 0 Å². The highest BCUT2D eigenvalue weighted by Crippen LogP contribution is 2.32. The van der Waals surface area contributed by atoms with Crippen molar-refractivity contribution in [3.63, 3.8) is 0 Å². The van der Waals surface area contributed by atoms with Gasteiger partial charge in [0.1, 0.15) is 11.6 Å². The van der Waals surface area contributed by atoms with E-state index in [9.17, 15) is 22.4 Å².